The fourth-order valence-electron chi connectivity index (χ4n) is 2.98. The van der Waals surface area contributed by atoms with E-state index in [1.165, 1.54) is 12.8 Å². The molecule has 0 saturated heterocycles. The average Bonchev–Trinajstić information content (AvgIpc) is 3.26. The summed E-state index contributed by atoms with van der Waals surface area (Å²) in [6.07, 6.45) is 4.46. The molecule has 112 valence electrons. The molecule has 4 nitrogen and oxygen atoms in total. The number of rotatable bonds is 5. The molecule has 21 heavy (non-hydrogen) atoms. The first-order valence-electron chi connectivity index (χ1n) is 7.76. The van der Waals surface area contributed by atoms with Crippen molar-refractivity contribution in [2.75, 3.05) is 0 Å². The number of hydrogen-bond donors (Lipinski definition) is 1. The highest BCUT2D eigenvalue weighted by molar-refractivity contribution is 5.92. The van der Waals surface area contributed by atoms with Crippen LogP contribution in [0.3, 0.4) is 0 Å². The second-order valence-electron chi connectivity index (χ2n) is 6.29. The average molecular weight is 286 g/mol. The largest absolute Gasteiger partial charge is 0.478 e. The van der Waals surface area contributed by atoms with Crippen LogP contribution < -0.4 is 0 Å². The van der Waals surface area contributed by atoms with E-state index in [9.17, 15) is 4.79 Å². The van der Waals surface area contributed by atoms with Crippen LogP contribution in [0.15, 0.2) is 18.2 Å². The van der Waals surface area contributed by atoms with Crippen LogP contribution in [0.5, 0.6) is 0 Å². The smallest absolute Gasteiger partial charge is 0.335 e. The lowest BCUT2D eigenvalue weighted by molar-refractivity contribution is 0.0697. The number of hydrogen-bond acceptors (Lipinski definition) is 2. The zero-order chi connectivity index (χ0) is 15.2. The van der Waals surface area contributed by atoms with Gasteiger partial charge in [-0.3, -0.25) is 0 Å². The molecule has 1 N–H and O–H groups in total. The summed E-state index contributed by atoms with van der Waals surface area (Å²) >= 11 is 0. The molecule has 2 aromatic rings. The van der Waals surface area contributed by atoms with Gasteiger partial charge in [0.15, 0.2) is 0 Å². The molecule has 1 saturated carbocycles. The lowest BCUT2D eigenvalue weighted by atomic mass is 9.94. The van der Waals surface area contributed by atoms with Crippen LogP contribution in [0, 0.1) is 0 Å². The van der Waals surface area contributed by atoms with Gasteiger partial charge in [0.1, 0.15) is 5.82 Å². The van der Waals surface area contributed by atoms with Gasteiger partial charge in [-0.25, -0.2) is 9.78 Å². The molecule has 0 atom stereocenters. The second-order valence-corrected chi connectivity index (χ2v) is 6.29. The highest BCUT2D eigenvalue weighted by Crippen LogP contribution is 2.44. The highest BCUT2D eigenvalue weighted by Gasteiger charge is 2.35. The van der Waals surface area contributed by atoms with E-state index in [2.05, 4.69) is 25.3 Å². The number of aromatic carboxylic acids is 1. The molecule has 0 radical (unpaired) electrons. The van der Waals surface area contributed by atoms with Gasteiger partial charge in [0.25, 0.3) is 0 Å². The predicted octanol–water partition coefficient (Wildman–Crippen LogP) is 4.15. The fraction of sp³-hybridized carbons (Fsp3) is 0.529. The van der Waals surface area contributed by atoms with Gasteiger partial charge in [0.2, 0.25) is 0 Å². The molecule has 0 spiro atoms. The van der Waals surface area contributed by atoms with Crippen molar-refractivity contribution in [1.82, 2.24) is 9.55 Å². The Labute approximate surface area is 124 Å². The van der Waals surface area contributed by atoms with Gasteiger partial charge in [-0.2, -0.15) is 0 Å². The Kier molecular flexibility index (Phi) is 3.27. The van der Waals surface area contributed by atoms with Gasteiger partial charge in [-0.1, -0.05) is 13.8 Å². The van der Waals surface area contributed by atoms with Crippen molar-refractivity contribution >= 4 is 17.0 Å². The third-order valence-corrected chi connectivity index (χ3v) is 4.93. The summed E-state index contributed by atoms with van der Waals surface area (Å²) in [5.41, 5.74) is 2.22. The van der Waals surface area contributed by atoms with Crippen molar-refractivity contribution in [2.45, 2.75) is 57.9 Å². The van der Waals surface area contributed by atoms with Crippen molar-refractivity contribution in [3.05, 3.63) is 29.6 Å². The van der Waals surface area contributed by atoms with Gasteiger partial charge < -0.3 is 9.67 Å². The van der Waals surface area contributed by atoms with Crippen molar-refractivity contribution in [3.8, 4) is 0 Å². The van der Waals surface area contributed by atoms with Crippen LogP contribution in [0.4, 0.5) is 0 Å². The first kappa shape index (κ1) is 14.1. The topological polar surface area (TPSA) is 55.1 Å². The van der Waals surface area contributed by atoms with Gasteiger partial charge in [0, 0.05) is 11.5 Å². The molecule has 1 heterocycles. The maximum absolute atomic E-state index is 11.2. The van der Waals surface area contributed by atoms with Crippen LogP contribution in [-0.4, -0.2) is 20.6 Å². The van der Waals surface area contributed by atoms with Crippen molar-refractivity contribution in [1.29, 1.82) is 0 Å². The van der Waals surface area contributed by atoms with E-state index < -0.39 is 5.97 Å². The summed E-state index contributed by atoms with van der Waals surface area (Å²) in [6.45, 7) is 6.68. The monoisotopic (exact) mass is 286 g/mol. The number of fused-ring (bicyclic) bond motifs is 1. The Morgan fingerprint density at radius 3 is 2.57 bits per heavy atom. The molecule has 3 rings (SSSR count). The number of aromatic nitrogens is 2. The Hall–Kier alpha value is -1.84. The second kappa shape index (κ2) is 4.86. The summed E-state index contributed by atoms with van der Waals surface area (Å²) in [5, 5.41) is 9.16. The van der Waals surface area contributed by atoms with E-state index in [1.807, 2.05) is 6.07 Å². The lowest BCUT2D eigenvalue weighted by Crippen LogP contribution is -2.30. The number of imidazole rings is 1. The molecule has 0 amide bonds. The van der Waals surface area contributed by atoms with Gasteiger partial charge in [-0.05, 0) is 50.8 Å². The van der Waals surface area contributed by atoms with Crippen LogP contribution in [0.1, 0.15) is 68.6 Å². The summed E-state index contributed by atoms with van der Waals surface area (Å²) in [6, 6.07) is 5.30. The molecule has 1 aliphatic rings. The van der Waals surface area contributed by atoms with Crippen molar-refractivity contribution in [3.63, 3.8) is 0 Å². The molecule has 0 bridgehead atoms. The third-order valence-electron chi connectivity index (χ3n) is 4.93. The maximum Gasteiger partial charge on any atom is 0.335 e. The Morgan fingerprint density at radius 2 is 2.05 bits per heavy atom. The van der Waals surface area contributed by atoms with E-state index in [0.717, 1.165) is 29.7 Å². The molecular formula is C17H22N2O2. The van der Waals surface area contributed by atoms with Crippen LogP contribution in [0.25, 0.3) is 11.0 Å². The van der Waals surface area contributed by atoms with Crippen LogP contribution in [-0.2, 0) is 5.54 Å². The number of carboxylic acids is 1. The number of carbonyl (C=O) groups is 1. The normalized spacial score (nSPS) is 15.6. The van der Waals surface area contributed by atoms with E-state index in [1.54, 1.807) is 12.1 Å². The predicted molar refractivity (Wildman–Crippen MR) is 82.9 cm³/mol. The molecule has 1 aromatic heterocycles. The number of nitrogens with zero attached hydrogens (tertiary/aromatic N) is 2. The van der Waals surface area contributed by atoms with E-state index in [0.29, 0.717) is 11.5 Å². The SMILES string of the molecule is CCC(C)(CC)n1c(C2CC2)nc2cc(C(=O)O)ccc21. The third kappa shape index (κ3) is 2.23. The first-order chi connectivity index (χ1) is 10.00. The van der Waals surface area contributed by atoms with Crippen LogP contribution >= 0.6 is 0 Å². The lowest BCUT2D eigenvalue weighted by Gasteiger charge is -2.31. The molecule has 4 heteroatoms. The number of benzene rings is 1. The minimum Gasteiger partial charge on any atom is -0.478 e. The quantitative estimate of drug-likeness (QED) is 0.898. The zero-order valence-electron chi connectivity index (χ0n) is 12.9. The van der Waals surface area contributed by atoms with E-state index >= 15 is 0 Å². The standard InChI is InChI=1S/C17H22N2O2/c1-4-17(3,5-2)19-14-9-8-12(16(20)21)10-13(14)18-15(19)11-6-7-11/h8-11H,4-7H2,1-3H3,(H,20,21). The molecule has 0 aliphatic heterocycles. The fourth-order valence-corrected chi connectivity index (χ4v) is 2.98. The summed E-state index contributed by atoms with van der Waals surface area (Å²) in [4.78, 5) is 15.9. The van der Waals surface area contributed by atoms with E-state index in [4.69, 9.17) is 10.1 Å². The molecule has 0 unspecified atom stereocenters. The van der Waals surface area contributed by atoms with Gasteiger partial charge in [0.05, 0.1) is 16.6 Å². The van der Waals surface area contributed by atoms with E-state index in [-0.39, 0.29) is 5.54 Å². The summed E-state index contributed by atoms with van der Waals surface area (Å²) in [5.74, 6) is 0.787. The minimum absolute atomic E-state index is 0.0391. The Bertz CT molecular complexity index is 694. The summed E-state index contributed by atoms with van der Waals surface area (Å²) in [7, 11) is 0. The zero-order valence-corrected chi connectivity index (χ0v) is 12.9. The maximum atomic E-state index is 11.2. The Morgan fingerprint density at radius 1 is 1.38 bits per heavy atom. The first-order valence-corrected chi connectivity index (χ1v) is 7.76. The minimum atomic E-state index is -0.895. The van der Waals surface area contributed by atoms with Crippen LogP contribution in [0.2, 0.25) is 0 Å². The number of carboxylic acid groups (broad SMARTS) is 1. The Balaban J connectivity index is 2.25. The van der Waals surface area contributed by atoms with Gasteiger partial charge >= 0.3 is 5.97 Å². The molecule has 1 aliphatic carbocycles. The van der Waals surface area contributed by atoms with Gasteiger partial charge in [-0.15, -0.1) is 0 Å². The van der Waals surface area contributed by atoms with Crippen molar-refractivity contribution in [2.24, 2.45) is 0 Å². The summed E-state index contributed by atoms with van der Waals surface area (Å²) < 4.78 is 2.37. The molecular weight excluding hydrogens is 264 g/mol. The highest BCUT2D eigenvalue weighted by atomic mass is 16.4. The molecule has 1 aromatic carbocycles. The van der Waals surface area contributed by atoms with Crippen molar-refractivity contribution < 1.29 is 9.90 Å². The molecule has 1 fully saturated rings.